The molecule has 3 rings (SSSR count). The standard InChI is InChI=1S/C38H54O6/c1-10-25-16-31(19-28(35(25)40)22-42-13-4)37(7,8)38(9,32-17-26(11-2)34(39)27(12-3)18-32)33-20-29(23-43-14-5)36(41)30(21-33)24-44-15-6/h16-21,39-41H,10-15,22-24H2,1-9H3. The zero-order valence-electron chi connectivity index (χ0n) is 28.4. The lowest BCUT2D eigenvalue weighted by Gasteiger charge is -2.47. The van der Waals surface area contributed by atoms with Gasteiger partial charge in [0.1, 0.15) is 17.2 Å². The normalized spacial score (nSPS) is 13.3. The van der Waals surface area contributed by atoms with E-state index >= 15 is 0 Å². The van der Waals surface area contributed by atoms with Gasteiger partial charge in [-0.05, 0) is 91.6 Å². The van der Waals surface area contributed by atoms with Crippen LogP contribution >= 0.6 is 0 Å². The quantitative estimate of drug-likeness (QED) is 0.152. The summed E-state index contributed by atoms with van der Waals surface area (Å²) in [4.78, 5) is 0. The van der Waals surface area contributed by atoms with Crippen LogP contribution < -0.4 is 0 Å². The predicted octanol–water partition coefficient (Wildman–Crippen LogP) is 8.38. The first-order chi connectivity index (χ1) is 20.9. The van der Waals surface area contributed by atoms with Gasteiger partial charge < -0.3 is 29.5 Å². The van der Waals surface area contributed by atoms with Crippen molar-refractivity contribution in [1.29, 1.82) is 0 Å². The third-order valence-corrected chi connectivity index (χ3v) is 9.46. The molecular weight excluding hydrogens is 552 g/mol. The van der Waals surface area contributed by atoms with Gasteiger partial charge in [-0.25, -0.2) is 0 Å². The van der Waals surface area contributed by atoms with Crippen LogP contribution in [0.1, 0.15) is 112 Å². The first-order valence-electron chi connectivity index (χ1n) is 16.2. The van der Waals surface area contributed by atoms with Crippen LogP contribution in [0, 0.1) is 0 Å². The Morgan fingerprint density at radius 2 is 0.727 bits per heavy atom. The van der Waals surface area contributed by atoms with Crippen molar-refractivity contribution in [2.75, 3.05) is 19.8 Å². The maximum atomic E-state index is 11.3. The van der Waals surface area contributed by atoms with Gasteiger partial charge in [0.15, 0.2) is 0 Å². The van der Waals surface area contributed by atoms with Gasteiger partial charge in [-0.3, -0.25) is 0 Å². The number of benzene rings is 3. The fraction of sp³-hybridized carbons (Fsp3) is 0.526. The first kappa shape index (κ1) is 35.4. The van der Waals surface area contributed by atoms with E-state index in [1.165, 1.54) is 0 Å². The third-order valence-electron chi connectivity index (χ3n) is 9.46. The highest BCUT2D eigenvalue weighted by atomic mass is 16.5. The average molecular weight is 607 g/mol. The topological polar surface area (TPSA) is 88.4 Å². The van der Waals surface area contributed by atoms with Gasteiger partial charge in [-0.15, -0.1) is 0 Å². The van der Waals surface area contributed by atoms with Crippen LogP contribution in [0.5, 0.6) is 17.2 Å². The fourth-order valence-corrected chi connectivity index (χ4v) is 6.17. The molecule has 0 saturated heterocycles. The Balaban J connectivity index is 2.47. The van der Waals surface area contributed by atoms with Crippen molar-refractivity contribution in [3.63, 3.8) is 0 Å². The average Bonchev–Trinajstić information content (AvgIpc) is 3.02. The molecule has 0 aliphatic carbocycles. The van der Waals surface area contributed by atoms with E-state index in [1.54, 1.807) is 0 Å². The van der Waals surface area contributed by atoms with Crippen molar-refractivity contribution in [1.82, 2.24) is 0 Å². The lowest BCUT2D eigenvalue weighted by molar-refractivity contribution is 0.125. The number of hydrogen-bond acceptors (Lipinski definition) is 6. The van der Waals surface area contributed by atoms with E-state index in [1.807, 2.05) is 20.8 Å². The van der Waals surface area contributed by atoms with Crippen molar-refractivity contribution in [2.45, 2.75) is 112 Å². The van der Waals surface area contributed by atoms with Crippen LogP contribution in [0.25, 0.3) is 0 Å². The van der Waals surface area contributed by atoms with Gasteiger partial charge in [0.05, 0.1) is 19.8 Å². The Labute approximate surface area is 265 Å². The summed E-state index contributed by atoms with van der Waals surface area (Å²) in [5.74, 6) is 0.841. The number of ether oxygens (including phenoxy) is 3. The molecule has 1 atom stereocenters. The van der Waals surface area contributed by atoms with Gasteiger partial charge >= 0.3 is 0 Å². The smallest absolute Gasteiger partial charge is 0.126 e. The van der Waals surface area contributed by atoms with Crippen LogP contribution in [0.15, 0.2) is 36.4 Å². The molecule has 0 spiro atoms. The molecule has 0 bridgehead atoms. The number of hydrogen-bond donors (Lipinski definition) is 3. The Morgan fingerprint density at radius 1 is 0.455 bits per heavy atom. The number of aromatic hydroxyl groups is 3. The summed E-state index contributed by atoms with van der Waals surface area (Å²) in [6, 6.07) is 12.6. The van der Waals surface area contributed by atoms with Crippen LogP contribution in [-0.2, 0) is 64.1 Å². The maximum Gasteiger partial charge on any atom is 0.126 e. The second-order valence-electron chi connectivity index (χ2n) is 12.2. The highest BCUT2D eigenvalue weighted by Crippen LogP contribution is 2.52. The molecule has 242 valence electrons. The zero-order valence-corrected chi connectivity index (χ0v) is 28.4. The molecule has 1 unspecified atom stereocenters. The van der Waals surface area contributed by atoms with E-state index in [4.69, 9.17) is 14.2 Å². The van der Waals surface area contributed by atoms with E-state index in [0.29, 0.717) is 62.6 Å². The summed E-state index contributed by atoms with van der Waals surface area (Å²) in [5.41, 5.74) is 6.83. The van der Waals surface area contributed by atoms with E-state index < -0.39 is 10.8 Å². The molecule has 0 heterocycles. The Bertz CT molecular complexity index is 1350. The van der Waals surface area contributed by atoms with Crippen LogP contribution in [0.3, 0.4) is 0 Å². The van der Waals surface area contributed by atoms with Gasteiger partial charge in [0.25, 0.3) is 0 Å². The molecule has 3 aromatic rings. The van der Waals surface area contributed by atoms with Crippen molar-refractivity contribution in [2.24, 2.45) is 0 Å². The van der Waals surface area contributed by atoms with Crippen molar-refractivity contribution >= 4 is 0 Å². The zero-order chi connectivity index (χ0) is 32.7. The summed E-state index contributed by atoms with van der Waals surface area (Å²) in [7, 11) is 0. The molecule has 3 aromatic carbocycles. The van der Waals surface area contributed by atoms with Crippen LogP contribution in [0.4, 0.5) is 0 Å². The molecule has 0 aromatic heterocycles. The van der Waals surface area contributed by atoms with Gasteiger partial charge in [0.2, 0.25) is 0 Å². The van der Waals surface area contributed by atoms with E-state index in [9.17, 15) is 15.3 Å². The van der Waals surface area contributed by atoms with Gasteiger partial charge in [-0.1, -0.05) is 59.7 Å². The monoisotopic (exact) mass is 606 g/mol. The summed E-state index contributed by atoms with van der Waals surface area (Å²) in [6.07, 6.45) is 2.07. The van der Waals surface area contributed by atoms with Gasteiger partial charge in [0, 0.05) is 47.3 Å². The Morgan fingerprint density at radius 3 is 1.07 bits per heavy atom. The highest BCUT2D eigenvalue weighted by Gasteiger charge is 2.46. The molecule has 0 radical (unpaired) electrons. The molecule has 0 aliphatic rings. The lowest BCUT2D eigenvalue weighted by Crippen LogP contribution is -2.44. The molecule has 44 heavy (non-hydrogen) atoms. The molecule has 6 nitrogen and oxygen atoms in total. The minimum atomic E-state index is -0.658. The number of phenols is 3. The predicted molar refractivity (Wildman–Crippen MR) is 178 cm³/mol. The minimum absolute atomic E-state index is 0.196. The van der Waals surface area contributed by atoms with E-state index in [0.717, 1.165) is 38.9 Å². The maximum absolute atomic E-state index is 11.3. The molecule has 0 fully saturated rings. The number of phenolic OH excluding ortho intramolecular Hbond substituents is 3. The SMILES string of the molecule is CCOCc1cc(C(C)(C)C(C)(c2cc(CC)c(O)c(CC)c2)c2cc(COCC)c(O)c(COCC)c2)cc(CC)c1O. The van der Waals surface area contributed by atoms with Crippen molar-refractivity contribution in [3.05, 3.63) is 86.5 Å². The summed E-state index contributed by atoms with van der Waals surface area (Å²) < 4.78 is 17.4. The highest BCUT2D eigenvalue weighted by molar-refractivity contribution is 5.57. The van der Waals surface area contributed by atoms with Crippen LogP contribution in [0.2, 0.25) is 0 Å². The summed E-state index contributed by atoms with van der Waals surface area (Å²) in [6.45, 7) is 21.2. The first-order valence-corrected chi connectivity index (χ1v) is 16.2. The second kappa shape index (κ2) is 15.3. The molecular formula is C38H54O6. The molecule has 3 N–H and O–H groups in total. The van der Waals surface area contributed by atoms with Crippen LogP contribution in [-0.4, -0.2) is 35.1 Å². The van der Waals surface area contributed by atoms with Crippen molar-refractivity contribution in [3.8, 4) is 17.2 Å². The number of aryl methyl sites for hydroxylation is 3. The Kier molecular flexibility index (Phi) is 12.3. The molecule has 0 saturated carbocycles. The third kappa shape index (κ3) is 6.93. The second-order valence-corrected chi connectivity index (χ2v) is 12.2. The minimum Gasteiger partial charge on any atom is -0.507 e. The molecule has 0 amide bonds. The fourth-order valence-electron chi connectivity index (χ4n) is 6.17. The van der Waals surface area contributed by atoms with E-state index in [-0.39, 0.29) is 24.7 Å². The molecule has 6 heteroatoms. The van der Waals surface area contributed by atoms with E-state index in [2.05, 4.69) is 77.9 Å². The van der Waals surface area contributed by atoms with Crippen molar-refractivity contribution < 1.29 is 29.5 Å². The molecule has 0 aliphatic heterocycles. The van der Waals surface area contributed by atoms with Gasteiger partial charge in [-0.2, -0.15) is 0 Å². The lowest BCUT2D eigenvalue weighted by atomic mass is 9.56. The summed E-state index contributed by atoms with van der Waals surface area (Å²) in [5, 5.41) is 33.5. The summed E-state index contributed by atoms with van der Waals surface area (Å²) >= 11 is 0. The number of rotatable bonds is 16. The largest absolute Gasteiger partial charge is 0.507 e. The Hall–Kier alpha value is -3.06.